The van der Waals surface area contributed by atoms with Crippen molar-refractivity contribution >= 4 is 29.3 Å². The molecule has 1 aromatic rings. The Kier molecular flexibility index (Phi) is 6.90. The minimum absolute atomic E-state index is 0.0991. The van der Waals surface area contributed by atoms with Crippen molar-refractivity contribution < 1.29 is 9.59 Å². The second-order valence-electron chi connectivity index (χ2n) is 3.55. The molecule has 4 N–H and O–H groups in total. The Balaban J connectivity index is 2.16. The summed E-state index contributed by atoms with van der Waals surface area (Å²) in [4.78, 5) is 22.7. The molecule has 0 spiro atoms. The molecule has 0 atom stereocenters. The summed E-state index contributed by atoms with van der Waals surface area (Å²) >= 11 is 1.27. The second kappa shape index (κ2) is 8.54. The van der Waals surface area contributed by atoms with Gasteiger partial charge in [-0.2, -0.15) is 0 Å². The molecule has 0 aliphatic carbocycles. The van der Waals surface area contributed by atoms with Crippen molar-refractivity contribution in [3.05, 3.63) is 30.3 Å². The summed E-state index contributed by atoms with van der Waals surface area (Å²) in [6.45, 7) is 0.889. The van der Waals surface area contributed by atoms with Crippen LogP contribution in [0.1, 0.15) is 0 Å². The van der Waals surface area contributed by atoms with Gasteiger partial charge in [0, 0.05) is 18.8 Å². The van der Waals surface area contributed by atoms with Gasteiger partial charge in [-0.15, -0.1) is 11.8 Å². The molecule has 0 unspecified atom stereocenters. The number of thioether (sulfide) groups is 1. The average Bonchev–Trinajstić information content (AvgIpc) is 2.37. The minimum Gasteiger partial charge on any atom is -0.354 e. The SMILES string of the molecule is NCCNC(=O)CSCC(=O)Nc1ccccc1. The van der Waals surface area contributed by atoms with E-state index in [1.807, 2.05) is 30.3 Å². The first-order valence-electron chi connectivity index (χ1n) is 5.62. The molecular weight excluding hydrogens is 250 g/mol. The van der Waals surface area contributed by atoms with E-state index in [4.69, 9.17) is 5.73 Å². The number of nitrogens with two attached hydrogens (primary N) is 1. The largest absolute Gasteiger partial charge is 0.354 e. The maximum absolute atomic E-state index is 11.5. The molecule has 0 aliphatic heterocycles. The zero-order chi connectivity index (χ0) is 13.2. The highest BCUT2D eigenvalue weighted by molar-refractivity contribution is 8.00. The van der Waals surface area contributed by atoms with Crippen LogP contribution in [0.3, 0.4) is 0 Å². The fraction of sp³-hybridized carbons (Fsp3) is 0.333. The van der Waals surface area contributed by atoms with E-state index in [-0.39, 0.29) is 23.3 Å². The van der Waals surface area contributed by atoms with Gasteiger partial charge in [-0.05, 0) is 12.1 Å². The first-order valence-corrected chi connectivity index (χ1v) is 6.77. The van der Waals surface area contributed by atoms with Crippen LogP contribution in [0.5, 0.6) is 0 Å². The third-order valence-electron chi connectivity index (χ3n) is 1.99. The number of nitrogens with one attached hydrogen (secondary N) is 2. The Morgan fingerprint density at radius 3 is 2.44 bits per heavy atom. The minimum atomic E-state index is -0.113. The summed E-state index contributed by atoms with van der Waals surface area (Å²) in [5.41, 5.74) is 6.01. The highest BCUT2D eigenvalue weighted by Gasteiger charge is 2.05. The molecule has 5 nitrogen and oxygen atoms in total. The van der Waals surface area contributed by atoms with Crippen LogP contribution in [0.4, 0.5) is 5.69 Å². The number of hydrogen-bond donors (Lipinski definition) is 3. The van der Waals surface area contributed by atoms with Crippen molar-refractivity contribution in [2.24, 2.45) is 5.73 Å². The van der Waals surface area contributed by atoms with E-state index >= 15 is 0 Å². The van der Waals surface area contributed by atoms with Crippen LogP contribution in [0.2, 0.25) is 0 Å². The van der Waals surface area contributed by atoms with E-state index in [1.165, 1.54) is 11.8 Å². The molecule has 0 aliphatic rings. The van der Waals surface area contributed by atoms with E-state index in [1.54, 1.807) is 0 Å². The Morgan fingerprint density at radius 1 is 1.11 bits per heavy atom. The maximum atomic E-state index is 11.5. The number of hydrogen-bond acceptors (Lipinski definition) is 4. The molecule has 0 saturated carbocycles. The number of amides is 2. The average molecular weight is 267 g/mol. The highest BCUT2D eigenvalue weighted by atomic mass is 32.2. The van der Waals surface area contributed by atoms with Gasteiger partial charge < -0.3 is 16.4 Å². The molecule has 0 radical (unpaired) electrons. The second-order valence-corrected chi connectivity index (χ2v) is 4.53. The summed E-state index contributed by atoms with van der Waals surface area (Å²) in [6.07, 6.45) is 0. The number of benzene rings is 1. The third-order valence-corrected chi connectivity index (χ3v) is 2.92. The Bertz CT molecular complexity index is 384. The first-order chi connectivity index (χ1) is 8.72. The molecule has 0 saturated heterocycles. The van der Waals surface area contributed by atoms with Crippen molar-refractivity contribution in [2.45, 2.75) is 0 Å². The number of rotatable bonds is 7. The lowest BCUT2D eigenvalue weighted by molar-refractivity contribution is -0.118. The third kappa shape index (κ3) is 6.27. The van der Waals surface area contributed by atoms with Crippen LogP contribution in [0, 0.1) is 0 Å². The summed E-state index contributed by atoms with van der Waals surface area (Å²) in [6, 6.07) is 9.21. The van der Waals surface area contributed by atoms with Gasteiger partial charge in [0.25, 0.3) is 0 Å². The van der Waals surface area contributed by atoms with E-state index < -0.39 is 0 Å². The van der Waals surface area contributed by atoms with Gasteiger partial charge in [0.1, 0.15) is 0 Å². The van der Waals surface area contributed by atoms with Crippen LogP contribution in [-0.4, -0.2) is 36.4 Å². The fourth-order valence-corrected chi connectivity index (χ4v) is 1.86. The number of anilines is 1. The monoisotopic (exact) mass is 267 g/mol. The lowest BCUT2D eigenvalue weighted by atomic mass is 10.3. The van der Waals surface area contributed by atoms with Crippen LogP contribution < -0.4 is 16.4 Å². The predicted molar refractivity (Wildman–Crippen MR) is 74.5 cm³/mol. The maximum Gasteiger partial charge on any atom is 0.234 e. The molecule has 0 fully saturated rings. The van der Waals surface area contributed by atoms with Gasteiger partial charge >= 0.3 is 0 Å². The quantitative estimate of drug-likeness (QED) is 0.669. The Morgan fingerprint density at radius 2 is 1.78 bits per heavy atom. The zero-order valence-electron chi connectivity index (χ0n) is 10.0. The fourth-order valence-electron chi connectivity index (χ4n) is 1.22. The standard InChI is InChI=1S/C12H17N3O2S/c13-6-7-14-11(16)8-18-9-12(17)15-10-4-2-1-3-5-10/h1-5H,6-9,13H2,(H,14,16)(H,15,17). The lowest BCUT2D eigenvalue weighted by Crippen LogP contribution is -2.30. The van der Waals surface area contributed by atoms with Crippen molar-refractivity contribution in [3.63, 3.8) is 0 Å². The van der Waals surface area contributed by atoms with Crippen molar-refractivity contribution in [2.75, 3.05) is 29.9 Å². The summed E-state index contributed by atoms with van der Waals surface area (Å²) in [5.74, 6) is 0.309. The van der Waals surface area contributed by atoms with E-state index in [0.717, 1.165) is 5.69 Å². The number of para-hydroxylation sites is 1. The number of carbonyl (C=O) groups excluding carboxylic acids is 2. The topological polar surface area (TPSA) is 84.2 Å². The predicted octanol–water partition coefficient (Wildman–Crippen LogP) is 0.433. The van der Waals surface area contributed by atoms with Crippen LogP contribution in [-0.2, 0) is 9.59 Å². The Labute approximate surface area is 111 Å². The van der Waals surface area contributed by atoms with Gasteiger partial charge in [0.05, 0.1) is 11.5 Å². The van der Waals surface area contributed by atoms with E-state index in [9.17, 15) is 9.59 Å². The van der Waals surface area contributed by atoms with Crippen LogP contribution >= 0.6 is 11.8 Å². The smallest absolute Gasteiger partial charge is 0.234 e. The van der Waals surface area contributed by atoms with Crippen molar-refractivity contribution in [3.8, 4) is 0 Å². The van der Waals surface area contributed by atoms with Crippen molar-refractivity contribution in [1.82, 2.24) is 5.32 Å². The molecule has 0 bridgehead atoms. The molecular formula is C12H17N3O2S. The van der Waals surface area contributed by atoms with Gasteiger partial charge in [-0.1, -0.05) is 18.2 Å². The first kappa shape index (κ1) is 14.5. The van der Waals surface area contributed by atoms with Gasteiger partial charge in [-0.25, -0.2) is 0 Å². The van der Waals surface area contributed by atoms with Gasteiger partial charge in [0.15, 0.2) is 0 Å². The lowest BCUT2D eigenvalue weighted by Gasteiger charge is -2.05. The van der Waals surface area contributed by atoms with E-state index in [2.05, 4.69) is 10.6 Å². The highest BCUT2D eigenvalue weighted by Crippen LogP contribution is 2.06. The molecule has 18 heavy (non-hydrogen) atoms. The summed E-state index contributed by atoms with van der Waals surface area (Å²) in [7, 11) is 0. The molecule has 6 heteroatoms. The molecule has 2 amide bonds. The summed E-state index contributed by atoms with van der Waals surface area (Å²) < 4.78 is 0. The summed E-state index contributed by atoms with van der Waals surface area (Å²) in [5, 5.41) is 5.39. The number of carbonyl (C=O) groups is 2. The molecule has 0 heterocycles. The van der Waals surface area contributed by atoms with E-state index in [0.29, 0.717) is 13.1 Å². The molecule has 0 aromatic heterocycles. The molecule has 1 rings (SSSR count). The molecule has 98 valence electrons. The van der Waals surface area contributed by atoms with Gasteiger partial charge in [-0.3, -0.25) is 9.59 Å². The molecule has 1 aromatic carbocycles. The zero-order valence-corrected chi connectivity index (χ0v) is 10.8. The normalized spacial score (nSPS) is 9.83. The Hall–Kier alpha value is -1.53. The van der Waals surface area contributed by atoms with Crippen LogP contribution in [0.15, 0.2) is 30.3 Å². The van der Waals surface area contributed by atoms with Gasteiger partial charge in [0.2, 0.25) is 11.8 Å². The van der Waals surface area contributed by atoms with Crippen molar-refractivity contribution in [1.29, 1.82) is 0 Å². The van der Waals surface area contributed by atoms with Crippen LogP contribution in [0.25, 0.3) is 0 Å².